The van der Waals surface area contributed by atoms with E-state index in [9.17, 15) is 9.59 Å². The third-order valence-electron chi connectivity index (χ3n) is 8.96. The fraction of sp³-hybridized carbons (Fsp3) is 0.100. The predicted octanol–water partition coefficient (Wildman–Crippen LogP) is 8.33. The van der Waals surface area contributed by atoms with E-state index in [-0.39, 0.29) is 23.2 Å². The summed E-state index contributed by atoms with van der Waals surface area (Å²) in [7, 11) is 0. The Morgan fingerprint density at radius 1 is 0.651 bits per heavy atom. The highest BCUT2D eigenvalue weighted by Crippen LogP contribution is 2.36. The van der Waals surface area contributed by atoms with E-state index in [0.29, 0.717) is 11.1 Å². The zero-order chi connectivity index (χ0) is 29.2. The van der Waals surface area contributed by atoms with Gasteiger partial charge in [-0.05, 0) is 101 Å². The van der Waals surface area contributed by atoms with Crippen LogP contribution in [0.5, 0.6) is 0 Å². The SMILES string of the molecule is Cc1ccc(N(c2ccc(C)cc2)C2C=c3ccc4cc(C=C5C(=O)c6ccccc6C5=O)cc5ccc(c3c54)C2)cc1. The summed E-state index contributed by atoms with van der Waals surface area (Å²) in [4.78, 5) is 28.5. The van der Waals surface area contributed by atoms with Gasteiger partial charge in [-0.25, -0.2) is 0 Å². The first kappa shape index (κ1) is 25.4. The van der Waals surface area contributed by atoms with Gasteiger partial charge in [-0.15, -0.1) is 0 Å². The number of carbonyl (C=O) groups excluding carboxylic acids is 2. The van der Waals surface area contributed by atoms with Crippen LogP contribution >= 0.6 is 0 Å². The van der Waals surface area contributed by atoms with Crippen LogP contribution in [0.1, 0.15) is 43.0 Å². The summed E-state index contributed by atoms with van der Waals surface area (Å²) >= 11 is 0. The Morgan fingerprint density at radius 2 is 1.21 bits per heavy atom. The van der Waals surface area contributed by atoms with Crippen LogP contribution in [-0.2, 0) is 6.42 Å². The topological polar surface area (TPSA) is 37.4 Å². The second-order valence-electron chi connectivity index (χ2n) is 11.8. The number of hydrogen-bond acceptors (Lipinski definition) is 3. The highest BCUT2D eigenvalue weighted by Gasteiger charge is 2.32. The maximum atomic E-state index is 13.0. The van der Waals surface area contributed by atoms with Crippen molar-refractivity contribution in [3.05, 3.63) is 153 Å². The summed E-state index contributed by atoms with van der Waals surface area (Å²) < 4.78 is 0. The minimum absolute atomic E-state index is 0.154. The maximum Gasteiger partial charge on any atom is 0.197 e. The molecule has 3 heteroatoms. The largest absolute Gasteiger partial charge is 0.334 e. The summed E-state index contributed by atoms with van der Waals surface area (Å²) in [6.45, 7) is 4.25. The van der Waals surface area contributed by atoms with Crippen molar-refractivity contribution in [1.29, 1.82) is 0 Å². The normalized spacial score (nSPS) is 15.6. The summed E-state index contributed by atoms with van der Waals surface area (Å²) in [5.41, 5.74) is 8.25. The number of allylic oxidation sites excluding steroid dienone is 1. The molecule has 1 atom stereocenters. The maximum absolute atomic E-state index is 13.0. The molecule has 2 aliphatic rings. The molecule has 3 nitrogen and oxygen atoms in total. The average Bonchev–Trinajstić information content (AvgIpc) is 3.26. The zero-order valence-corrected chi connectivity index (χ0v) is 24.1. The first-order chi connectivity index (χ1) is 20.9. The first-order valence-corrected chi connectivity index (χ1v) is 14.8. The minimum atomic E-state index is -0.196. The van der Waals surface area contributed by atoms with Crippen LogP contribution in [-0.4, -0.2) is 17.6 Å². The van der Waals surface area contributed by atoms with Crippen LogP contribution in [0.3, 0.4) is 0 Å². The Morgan fingerprint density at radius 3 is 1.79 bits per heavy atom. The molecule has 206 valence electrons. The quantitative estimate of drug-likeness (QED) is 0.162. The number of hydrogen-bond donors (Lipinski definition) is 0. The Balaban J connectivity index is 1.24. The average molecular weight is 556 g/mol. The lowest BCUT2D eigenvalue weighted by atomic mass is 9.86. The smallest absolute Gasteiger partial charge is 0.197 e. The molecule has 0 saturated heterocycles. The van der Waals surface area contributed by atoms with Crippen molar-refractivity contribution < 1.29 is 9.59 Å². The molecule has 0 radical (unpaired) electrons. The fourth-order valence-corrected chi connectivity index (χ4v) is 6.85. The molecule has 0 N–H and O–H groups in total. The standard InChI is InChI=1S/C40H29NO2/c1-24-7-15-31(16-8-24)41(32-17-9-25(2)10-18-32)33-22-29-13-11-27-19-26(20-28-12-14-30(23-33)38(29)37(27)28)21-36-39(42)34-5-3-4-6-35(34)40(36)43/h3-22,33H,23H2,1-2H3. The zero-order valence-electron chi connectivity index (χ0n) is 24.1. The van der Waals surface area contributed by atoms with Crippen molar-refractivity contribution >= 4 is 56.6 Å². The number of rotatable bonds is 4. The number of carbonyl (C=O) groups is 2. The summed E-state index contributed by atoms with van der Waals surface area (Å²) in [5.74, 6) is -0.392. The number of anilines is 2. The number of fused-ring (bicyclic) bond motifs is 1. The van der Waals surface area contributed by atoms with E-state index in [4.69, 9.17) is 0 Å². The van der Waals surface area contributed by atoms with Gasteiger partial charge in [-0.2, -0.15) is 0 Å². The monoisotopic (exact) mass is 555 g/mol. The van der Waals surface area contributed by atoms with Gasteiger partial charge in [-0.3, -0.25) is 9.59 Å². The highest BCUT2D eigenvalue weighted by molar-refractivity contribution is 6.41. The van der Waals surface area contributed by atoms with Gasteiger partial charge >= 0.3 is 0 Å². The predicted molar refractivity (Wildman–Crippen MR) is 176 cm³/mol. The van der Waals surface area contributed by atoms with E-state index < -0.39 is 0 Å². The number of Topliss-reactive ketones (excluding diaryl/α,β-unsaturated/α-hetero) is 2. The number of nitrogens with zero attached hydrogens (tertiary/aromatic N) is 1. The van der Waals surface area contributed by atoms with Crippen molar-refractivity contribution in [1.82, 2.24) is 0 Å². The number of benzene rings is 6. The molecular formula is C40H29NO2. The summed E-state index contributed by atoms with van der Waals surface area (Å²) in [6, 6.07) is 37.8. The van der Waals surface area contributed by atoms with Crippen LogP contribution in [0.2, 0.25) is 0 Å². The molecular weight excluding hydrogens is 526 g/mol. The van der Waals surface area contributed by atoms with Gasteiger partial charge in [0, 0.05) is 22.5 Å². The second-order valence-corrected chi connectivity index (χ2v) is 11.8. The summed E-state index contributed by atoms with van der Waals surface area (Å²) in [6.07, 6.45) is 5.05. The van der Waals surface area contributed by atoms with E-state index >= 15 is 0 Å². The molecule has 0 bridgehead atoms. The lowest BCUT2D eigenvalue weighted by Crippen LogP contribution is -2.35. The van der Waals surface area contributed by atoms with Crippen LogP contribution < -0.4 is 10.1 Å². The van der Waals surface area contributed by atoms with Crippen molar-refractivity contribution in [3.63, 3.8) is 0 Å². The van der Waals surface area contributed by atoms with Gasteiger partial charge in [-0.1, -0.05) is 90.0 Å². The molecule has 0 aliphatic heterocycles. The first-order valence-electron chi connectivity index (χ1n) is 14.8. The molecule has 0 saturated carbocycles. The van der Waals surface area contributed by atoms with Gasteiger partial charge in [0.2, 0.25) is 0 Å². The van der Waals surface area contributed by atoms with E-state index in [1.165, 1.54) is 44.1 Å². The number of aryl methyl sites for hydroxylation is 2. The van der Waals surface area contributed by atoms with Crippen LogP contribution in [0.15, 0.2) is 115 Å². The van der Waals surface area contributed by atoms with Gasteiger partial charge in [0.25, 0.3) is 0 Å². The molecule has 2 aliphatic carbocycles. The van der Waals surface area contributed by atoms with E-state index in [0.717, 1.165) is 22.8 Å². The third kappa shape index (κ3) is 4.11. The van der Waals surface area contributed by atoms with Gasteiger partial charge in [0.15, 0.2) is 11.6 Å². The Bertz CT molecular complexity index is 2100. The van der Waals surface area contributed by atoms with E-state index in [1.807, 2.05) is 0 Å². The highest BCUT2D eigenvalue weighted by atomic mass is 16.2. The molecule has 8 rings (SSSR count). The number of ketones is 2. The van der Waals surface area contributed by atoms with Gasteiger partial charge in [0.05, 0.1) is 11.6 Å². The molecule has 1 unspecified atom stereocenters. The lowest BCUT2D eigenvalue weighted by molar-refractivity contribution is 0.0990. The van der Waals surface area contributed by atoms with Gasteiger partial charge in [0.1, 0.15) is 0 Å². The van der Waals surface area contributed by atoms with Crippen LogP contribution in [0.4, 0.5) is 11.4 Å². The molecule has 0 aromatic heterocycles. The Kier molecular flexibility index (Phi) is 5.70. The third-order valence-corrected chi connectivity index (χ3v) is 8.96. The van der Waals surface area contributed by atoms with Crippen molar-refractivity contribution in [2.24, 2.45) is 0 Å². The van der Waals surface area contributed by atoms with Gasteiger partial charge < -0.3 is 4.90 Å². The molecule has 6 aromatic carbocycles. The fourth-order valence-electron chi connectivity index (χ4n) is 6.85. The molecule has 43 heavy (non-hydrogen) atoms. The van der Waals surface area contributed by atoms with Crippen LogP contribution in [0, 0.1) is 13.8 Å². The van der Waals surface area contributed by atoms with Crippen molar-refractivity contribution in [2.45, 2.75) is 26.3 Å². The lowest BCUT2D eigenvalue weighted by Gasteiger charge is -2.34. The summed E-state index contributed by atoms with van der Waals surface area (Å²) in [5, 5.41) is 5.98. The van der Waals surface area contributed by atoms with Crippen LogP contribution in [0.25, 0.3) is 33.7 Å². The Labute approximate surface area is 250 Å². The Hall–Kier alpha value is -5.28. The van der Waals surface area contributed by atoms with E-state index in [1.54, 1.807) is 30.3 Å². The molecule has 0 amide bonds. The molecule has 0 spiro atoms. The molecule has 0 heterocycles. The molecule has 6 aromatic rings. The minimum Gasteiger partial charge on any atom is -0.334 e. The van der Waals surface area contributed by atoms with E-state index in [2.05, 4.69) is 110 Å². The van der Waals surface area contributed by atoms with Crippen molar-refractivity contribution in [2.75, 3.05) is 4.90 Å². The van der Waals surface area contributed by atoms with Crippen molar-refractivity contribution in [3.8, 4) is 0 Å². The molecule has 0 fully saturated rings. The second kappa shape index (κ2) is 9.64.